The predicted octanol–water partition coefficient (Wildman–Crippen LogP) is 4.56. The maximum atomic E-state index is 13.9. The minimum absolute atomic E-state index is 0.0155. The van der Waals surface area contributed by atoms with Crippen molar-refractivity contribution >= 4 is 29.8 Å². The Morgan fingerprint density at radius 2 is 1.61 bits per heavy atom. The molecule has 0 spiro atoms. The second-order valence-corrected chi connectivity index (χ2v) is 13.0. The first-order valence-corrected chi connectivity index (χ1v) is 16.7. The Morgan fingerprint density at radius 3 is 2.27 bits per heavy atom. The lowest BCUT2D eigenvalue weighted by molar-refractivity contribution is -0.158. The number of nitrogens with zero attached hydrogens (tertiary/aromatic N) is 4. The molecule has 2 fully saturated rings. The van der Waals surface area contributed by atoms with E-state index in [4.69, 9.17) is 19.3 Å². The number of carbonyl (C=O) groups is 4. The number of amides is 2. The van der Waals surface area contributed by atoms with Gasteiger partial charge in [0.05, 0.1) is 19.7 Å². The first-order valence-electron chi connectivity index (χ1n) is 16.7. The topological polar surface area (TPSA) is 152 Å². The van der Waals surface area contributed by atoms with Gasteiger partial charge in [0, 0.05) is 43.1 Å². The van der Waals surface area contributed by atoms with Crippen LogP contribution in [0, 0.1) is 0 Å². The van der Waals surface area contributed by atoms with Crippen LogP contribution in [0.2, 0.25) is 0 Å². The standard InChI is InChI=1S/C36H44N6O7/c1-5-47-35(46)49-42-20-18-41(19-21-42)34(45)27(16-17-31(43)48-36(2,3)4)39-33(44)29-23-30(40-32(38-29)25-14-10-7-11-15-25)37-28-22-26(28)24-12-8-6-9-13-24/h6-15,23,26-28H,5,16-22H2,1-4H3,(H,39,44)(H,37,38,40)/t26-,27-,28+/m0/s1. The van der Waals surface area contributed by atoms with Gasteiger partial charge in [-0.2, -0.15) is 0 Å². The smallest absolute Gasteiger partial charge is 0.460 e. The highest BCUT2D eigenvalue weighted by atomic mass is 16.8. The molecule has 5 rings (SSSR count). The Kier molecular flexibility index (Phi) is 11.4. The third-order valence-electron chi connectivity index (χ3n) is 8.02. The van der Waals surface area contributed by atoms with Crippen LogP contribution in [0.3, 0.4) is 0 Å². The molecule has 1 aliphatic heterocycles. The molecule has 2 amide bonds. The number of hydrogen-bond donors (Lipinski definition) is 2. The molecule has 1 saturated heterocycles. The fraction of sp³-hybridized carbons (Fsp3) is 0.444. The summed E-state index contributed by atoms with van der Waals surface area (Å²) in [6.07, 6.45) is 0.0430. The maximum Gasteiger partial charge on any atom is 0.527 e. The van der Waals surface area contributed by atoms with E-state index in [2.05, 4.69) is 27.8 Å². The summed E-state index contributed by atoms with van der Waals surface area (Å²) in [5, 5.41) is 7.74. The number of ether oxygens (including phenoxy) is 2. The van der Waals surface area contributed by atoms with Crippen molar-refractivity contribution in [1.29, 1.82) is 0 Å². The summed E-state index contributed by atoms with van der Waals surface area (Å²) < 4.78 is 10.3. The van der Waals surface area contributed by atoms with Gasteiger partial charge in [-0.3, -0.25) is 14.4 Å². The first-order chi connectivity index (χ1) is 23.5. The minimum Gasteiger partial charge on any atom is -0.460 e. The molecule has 49 heavy (non-hydrogen) atoms. The van der Waals surface area contributed by atoms with Crippen LogP contribution in [-0.4, -0.2) is 94.3 Å². The average molecular weight is 673 g/mol. The van der Waals surface area contributed by atoms with Crippen LogP contribution in [0.1, 0.15) is 68.9 Å². The molecule has 3 aromatic rings. The van der Waals surface area contributed by atoms with Gasteiger partial charge >= 0.3 is 12.1 Å². The highest BCUT2D eigenvalue weighted by Gasteiger charge is 2.39. The SMILES string of the molecule is CCOC(=O)ON1CCN(C(=O)[C@H](CCC(=O)OC(C)(C)C)NC(=O)c2cc(N[C@@H]3C[C@H]3c3ccccc3)nc(-c3ccccc3)n2)CC1. The van der Waals surface area contributed by atoms with Crippen molar-refractivity contribution in [2.24, 2.45) is 0 Å². The highest BCUT2D eigenvalue weighted by molar-refractivity contribution is 5.97. The summed E-state index contributed by atoms with van der Waals surface area (Å²) in [6.45, 7) is 8.14. The van der Waals surface area contributed by atoms with Gasteiger partial charge in [-0.05, 0) is 46.1 Å². The van der Waals surface area contributed by atoms with Crippen LogP contribution >= 0.6 is 0 Å². The van der Waals surface area contributed by atoms with Crippen molar-refractivity contribution in [2.45, 2.75) is 70.6 Å². The molecule has 13 nitrogen and oxygen atoms in total. The van der Waals surface area contributed by atoms with Crippen molar-refractivity contribution in [3.05, 3.63) is 78.0 Å². The highest BCUT2D eigenvalue weighted by Crippen LogP contribution is 2.42. The number of rotatable bonds is 12. The first kappa shape index (κ1) is 35.3. The molecular formula is C36H44N6O7. The zero-order valence-corrected chi connectivity index (χ0v) is 28.4. The van der Waals surface area contributed by atoms with Gasteiger partial charge in [-0.25, -0.2) is 14.8 Å². The van der Waals surface area contributed by atoms with E-state index in [1.807, 2.05) is 48.5 Å². The lowest BCUT2D eigenvalue weighted by Crippen LogP contribution is -2.55. The van der Waals surface area contributed by atoms with E-state index in [1.165, 1.54) is 10.6 Å². The molecule has 0 unspecified atom stereocenters. The molecule has 2 N–H and O–H groups in total. The number of esters is 1. The third-order valence-corrected chi connectivity index (χ3v) is 8.02. The number of benzene rings is 2. The fourth-order valence-corrected chi connectivity index (χ4v) is 5.58. The van der Waals surface area contributed by atoms with Crippen LogP contribution < -0.4 is 10.6 Å². The summed E-state index contributed by atoms with van der Waals surface area (Å²) in [5.74, 6) is -0.244. The summed E-state index contributed by atoms with van der Waals surface area (Å²) in [6, 6.07) is 20.3. The zero-order chi connectivity index (χ0) is 35.0. The molecule has 3 atom stereocenters. The summed E-state index contributed by atoms with van der Waals surface area (Å²) in [4.78, 5) is 68.2. The van der Waals surface area contributed by atoms with Gasteiger partial charge in [-0.1, -0.05) is 60.7 Å². The van der Waals surface area contributed by atoms with E-state index in [9.17, 15) is 19.2 Å². The van der Waals surface area contributed by atoms with Crippen LogP contribution in [0.4, 0.5) is 10.6 Å². The lowest BCUT2D eigenvalue weighted by atomic mass is 10.1. The van der Waals surface area contributed by atoms with Gasteiger partial charge in [0.1, 0.15) is 23.2 Å². The van der Waals surface area contributed by atoms with E-state index in [0.29, 0.717) is 17.6 Å². The van der Waals surface area contributed by atoms with E-state index >= 15 is 0 Å². The van der Waals surface area contributed by atoms with E-state index < -0.39 is 29.7 Å². The molecule has 13 heteroatoms. The number of hydroxylamine groups is 2. The Labute approximate surface area is 286 Å². The van der Waals surface area contributed by atoms with Gasteiger partial charge in [-0.15, -0.1) is 5.06 Å². The van der Waals surface area contributed by atoms with Gasteiger partial charge in [0.25, 0.3) is 5.91 Å². The third kappa shape index (κ3) is 10.2. The van der Waals surface area contributed by atoms with E-state index in [1.54, 1.807) is 38.7 Å². The zero-order valence-electron chi connectivity index (χ0n) is 28.4. The largest absolute Gasteiger partial charge is 0.527 e. The van der Waals surface area contributed by atoms with E-state index in [-0.39, 0.29) is 63.3 Å². The van der Waals surface area contributed by atoms with Gasteiger partial charge in [0.15, 0.2) is 5.82 Å². The second kappa shape index (κ2) is 15.9. The summed E-state index contributed by atoms with van der Waals surface area (Å²) >= 11 is 0. The Balaban J connectivity index is 1.33. The molecule has 2 aromatic carbocycles. The molecule has 260 valence electrons. The van der Waals surface area contributed by atoms with Crippen molar-refractivity contribution in [1.82, 2.24) is 25.2 Å². The number of aromatic nitrogens is 2. The molecule has 2 heterocycles. The molecular weight excluding hydrogens is 628 g/mol. The molecule has 1 saturated carbocycles. The lowest BCUT2D eigenvalue weighted by Gasteiger charge is -2.35. The predicted molar refractivity (Wildman–Crippen MR) is 181 cm³/mol. The minimum atomic E-state index is -1.05. The number of anilines is 1. The fourth-order valence-electron chi connectivity index (χ4n) is 5.58. The van der Waals surface area contributed by atoms with E-state index in [0.717, 1.165) is 12.0 Å². The molecule has 1 aliphatic carbocycles. The van der Waals surface area contributed by atoms with Crippen molar-refractivity contribution < 1.29 is 33.5 Å². The quantitative estimate of drug-likeness (QED) is 0.261. The van der Waals surface area contributed by atoms with Gasteiger partial charge < -0.3 is 29.8 Å². The van der Waals surface area contributed by atoms with Crippen molar-refractivity contribution in [3.63, 3.8) is 0 Å². The van der Waals surface area contributed by atoms with Crippen LogP contribution in [0.25, 0.3) is 11.4 Å². The number of piperazine rings is 1. The average Bonchev–Trinajstić information content (AvgIpc) is 3.85. The van der Waals surface area contributed by atoms with Crippen LogP contribution in [0.15, 0.2) is 66.7 Å². The Hall–Kier alpha value is -5.04. The summed E-state index contributed by atoms with van der Waals surface area (Å²) in [5.41, 5.74) is 1.34. The maximum absolute atomic E-state index is 13.9. The number of carbonyl (C=O) groups excluding carboxylic acids is 4. The summed E-state index contributed by atoms with van der Waals surface area (Å²) in [7, 11) is 0. The van der Waals surface area contributed by atoms with Crippen molar-refractivity contribution in [3.8, 4) is 11.4 Å². The Morgan fingerprint density at radius 1 is 0.939 bits per heavy atom. The molecule has 0 bridgehead atoms. The van der Waals surface area contributed by atoms with Crippen molar-refractivity contribution in [2.75, 3.05) is 38.1 Å². The van der Waals surface area contributed by atoms with Crippen LogP contribution in [-0.2, 0) is 23.9 Å². The van der Waals surface area contributed by atoms with Crippen LogP contribution in [0.5, 0.6) is 0 Å². The Bertz CT molecular complexity index is 1610. The number of nitrogens with one attached hydrogen (secondary N) is 2. The molecule has 2 aliphatic rings. The second-order valence-electron chi connectivity index (χ2n) is 13.0. The molecule has 1 aromatic heterocycles. The number of hydrogen-bond acceptors (Lipinski definition) is 11. The normalized spacial score (nSPS) is 18.2. The monoisotopic (exact) mass is 672 g/mol. The molecule has 0 radical (unpaired) electrons. The van der Waals surface area contributed by atoms with Gasteiger partial charge in [0.2, 0.25) is 5.91 Å².